The minimum Gasteiger partial charge on any atom is -0.390 e. The summed E-state index contributed by atoms with van der Waals surface area (Å²) in [4.78, 5) is 0. The average molecular weight is 238 g/mol. The third kappa shape index (κ3) is 12.1. The van der Waals surface area contributed by atoms with Crippen LogP contribution in [-0.4, -0.2) is 63.4 Å². The number of aliphatic hydroxyl groups is 1. The summed E-state index contributed by atoms with van der Waals surface area (Å²) in [5.41, 5.74) is 0. The summed E-state index contributed by atoms with van der Waals surface area (Å²) >= 11 is 1.72. The number of hydrogen-bond acceptors (Lipinski definition) is 5. The van der Waals surface area contributed by atoms with E-state index in [9.17, 15) is 5.11 Å². The maximum Gasteiger partial charge on any atom is 0.0863 e. The molecule has 0 fully saturated rings. The van der Waals surface area contributed by atoms with Gasteiger partial charge in [0, 0.05) is 26.6 Å². The summed E-state index contributed by atoms with van der Waals surface area (Å²) in [5, 5.41) is 9.49. The van der Waals surface area contributed by atoms with Crippen molar-refractivity contribution in [2.24, 2.45) is 0 Å². The van der Waals surface area contributed by atoms with Gasteiger partial charge in [-0.1, -0.05) is 0 Å². The van der Waals surface area contributed by atoms with E-state index < -0.39 is 0 Å². The van der Waals surface area contributed by atoms with Crippen LogP contribution >= 0.6 is 11.8 Å². The predicted octanol–water partition coefficient (Wildman–Crippen LogP) is 0.780. The number of ether oxygens (including phenoxy) is 3. The van der Waals surface area contributed by atoms with E-state index in [-0.39, 0.29) is 6.10 Å². The van der Waals surface area contributed by atoms with Gasteiger partial charge in [0.2, 0.25) is 0 Å². The highest BCUT2D eigenvalue weighted by Crippen LogP contribution is 2.05. The lowest BCUT2D eigenvalue weighted by atomic mass is 10.4. The molecule has 5 heteroatoms. The zero-order valence-corrected chi connectivity index (χ0v) is 10.4. The normalized spacial score (nSPS) is 13.0. The van der Waals surface area contributed by atoms with Crippen molar-refractivity contribution in [3.8, 4) is 0 Å². The minimum atomic E-state index is -0.380. The van der Waals surface area contributed by atoms with E-state index in [0.717, 1.165) is 24.5 Å². The molecule has 0 saturated heterocycles. The van der Waals surface area contributed by atoms with Gasteiger partial charge < -0.3 is 19.3 Å². The SMILES string of the molecule is COCCCSCC(O)COCCOC. The Labute approximate surface area is 96.3 Å². The van der Waals surface area contributed by atoms with Gasteiger partial charge >= 0.3 is 0 Å². The van der Waals surface area contributed by atoms with Gasteiger partial charge in [-0.3, -0.25) is 0 Å². The van der Waals surface area contributed by atoms with Gasteiger partial charge in [0.25, 0.3) is 0 Å². The molecule has 0 aliphatic heterocycles. The van der Waals surface area contributed by atoms with Gasteiger partial charge in [-0.25, -0.2) is 0 Å². The molecule has 0 radical (unpaired) electrons. The van der Waals surface area contributed by atoms with Crippen LogP contribution in [0.2, 0.25) is 0 Å². The monoisotopic (exact) mass is 238 g/mol. The third-order valence-corrected chi connectivity index (χ3v) is 2.89. The van der Waals surface area contributed by atoms with Gasteiger partial charge in [0.05, 0.1) is 25.9 Å². The van der Waals surface area contributed by atoms with Gasteiger partial charge in [0.1, 0.15) is 0 Å². The summed E-state index contributed by atoms with van der Waals surface area (Å²) in [6.07, 6.45) is 0.646. The van der Waals surface area contributed by atoms with Crippen LogP contribution in [0.5, 0.6) is 0 Å². The van der Waals surface area contributed by atoms with Gasteiger partial charge in [-0.05, 0) is 12.2 Å². The van der Waals surface area contributed by atoms with Crippen molar-refractivity contribution in [1.29, 1.82) is 0 Å². The maximum absolute atomic E-state index is 9.49. The number of methoxy groups -OCH3 is 2. The third-order valence-electron chi connectivity index (χ3n) is 1.69. The molecule has 15 heavy (non-hydrogen) atoms. The zero-order valence-electron chi connectivity index (χ0n) is 9.61. The number of rotatable bonds is 11. The molecule has 4 nitrogen and oxygen atoms in total. The first-order chi connectivity index (χ1) is 7.31. The highest BCUT2D eigenvalue weighted by Gasteiger charge is 2.03. The van der Waals surface area contributed by atoms with Crippen molar-refractivity contribution in [2.75, 3.05) is 52.2 Å². The van der Waals surface area contributed by atoms with E-state index in [1.807, 2.05) is 0 Å². The molecule has 1 N–H and O–H groups in total. The fourth-order valence-corrected chi connectivity index (χ4v) is 1.79. The van der Waals surface area contributed by atoms with Gasteiger partial charge in [-0.2, -0.15) is 11.8 Å². The van der Waals surface area contributed by atoms with Crippen molar-refractivity contribution in [3.05, 3.63) is 0 Å². The molecule has 0 rings (SSSR count). The lowest BCUT2D eigenvalue weighted by Gasteiger charge is -2.10. The van der Waals surface area contributed by atoms with Crippen LogP contribution in [0.25, 0.3) is 0 Å². The first kappa shape index (κ1) is 15.2. The fraction of sp³-hybridized carbons (Fsp3) is 1.00. The van der Waals surface area contributed by atoms with Crippen molar-refractivity contribution >= 4 is 11.8 Å². The maximum atomic E-state index is 9.49. The Bertz CT molecular complexity index is 124. The largest absolute Gasteiger partial charge is 0.390 e. The summed E-state index contributed by atoms with van der Waals surface area (Å²) in [6.45, 7) is 2.30. The lowest BCUT2D eigenvalue weighted by molar-refractivity contribution is 0.0218. The van der Waals surface area contributed by atoms with Crippen LogP contribution in [-0.2, 0) is 14.2 Å². The quantitative estimate of drug-likeness (QED) is 0.539. The molecule has 0 saturated carbocycles. The molecular weight excluding hydrogens is 216 g/mol. The Balaban J connectivity index is 3.08. The van der Waals surface area contributed by atoms with Crippen LogP contribution in [0, 0.1) is 0 Å². The molecule has 0 aliphatic rings. The predicted molar refractivity (Wildman–Crippen MR) is 62.5 cm³/mol. The van der Waals surface area contributed by atoms with Crippen LogP contribution < -0.4 is 0 Å². The molecule has 0 amide bonds. The van der Waals surface area contributed by atoms with Crippen molar-refractivity contribution in [2.45, 2.75) is 12.5 Å². The Morgan fingerprint density at radius 3 is 2.53 bits per heavy atom. The topological polar surface area (TPSA) is 47.9 Å². The second-order valence-electron chi connectivity index (χ2n) is 3.14. The molecule has 0 aromatic rings. The van der Waals surface area contributed by atoms with Crippen LogP contribution in [0.4, 0.5) is 0 Å². The van der Waals surface area contributed by atoms with E-state index in [4.69, 9.17) is 14.2 Å². The molecule has 92 valence electrons. The number of aliphatic hydroxyl groups excluding tert-OH is 1. The minimum absolute atomic E-state index is 0.380. The fourth-order valence-electron chi connectivity index (χ4n) is 0.934. The molecule has 1 unspecified atom stereocenters. The molecule has 1 atom stereocenters. The van der Waals surface area contributed by atoms with Gasteiger partial charge in [0.15, 0.2) is 0 Å². The first-order valence-electron chi connectivity index (χ1n) is 5.12. The van der Waals surface area contributed by atoms with E-state index in [0.29, 0.717) is 19.8 Å². The Morgan fingerprint density at radius 1 is 1.13 bits per heavy atom. The molecular formula is C10H22O4S. The summed E-state index contributed by atoms with van der Waals surface area (Å²) in [7, 11) is 3.33. The standard InChI is InChI=1S/C10H22O4S/c1-12-4-3-7-15-9-10(11)8-14-6-5-13-2/h10-11H,3-9H2,1-2H3. The summed E-state index contributed by atoms with van der Waals surface area (Å²) in [5.74, 6) is 1.74. The summed E-state index contributed by atoms with van der Waals surface area (Å²) in [6, 6.07) is 0. The van der Waals surface area contributed by atoms with E-state index in [1.165, 1.54) is 0 Å². The van der Waals surface area contributed by atoms with Crippen LogP contribution in [0.3, 0.4) is 0 Å². The van der Waals surface area contributed by atoms with Crippen LogP contribution in [0.1, 0.15) is 6.42 Å². The molecule has 0 heterocycles. The highest BCUT2D eigenvalue weighted by atomic mass is 32.2. The van der Waals surface area contributed by atoms with Gasteiger partial charge in [-0.15, -0.1) is 0 Å². The Morgan fingerprint density at radius 2 is 1.87 bits per heavy atom. The smallest absolute Gasteiger partial charge is 0.0863 e. The highest BCUT2D eigenvalue weighted by molar-refractivity contribution is 7.99. The molecule has 0 aromatic heterocycles. The van der Waals surface area contributed by atoms with E-state index in [1.54, 1.807) is 26.0 Å². The van der Waals surface area contributed by atoms with Crippen molar-refractivity contribution in [3.63, 3.8) is 0 Å². The molecule has 0 spiro atoms. The molecule has 0 aromatic carbocycles. The number of hydrogen-bond donors (Lipinski definition) is 1. The van der Waals surface area contributed by atoms with E-state index >= 15 is 0 Å². The zero-order chi connectivity index (χ0) is 11.4. The van der Waals surface area contributed by atoms with E-state index in [2.05, 4.69) is 0 Å². The van der Waals surface area contributed by atoms with Crippen LogP contribution in [0.15, 0.2) is 0 Å². The lowest BCUT2D eigenvalue weighted by Crippen LogP contribution is -2.19. The number of thioether (sulfide) groups is 1. The average Bonchev–Trinajstić information content (AvgIpc) is 2.24. The molecule has 0 aliphatic carbocycles. The molecule has 0 bridgehead atoms. The Hall–Kier alpha value is 0.190. The Kier molecular flexibility index (Phi) is 12.4. The second-order valence-corrected chi connectivity index (χ2v) is 4.29. The first-order valence-corrected chi connectivity index (χ1v) is 6.28. The van der Waals surface area contributed by atoms with Crippen molar-refractivity contribution < 1.29 is 19.3 Å². The summed E-state index contributed by atoms with van der Waals surface area (Å²) < 4.78 is 15.0. The second kappa shape index (κ2) is 12.3. The van der Waals surface area contributed by atoms with Crippen molar-refractivity contribution in [1.82, 2.24) is 0 Å².